The average molecular weight is 258 g/mol. The normalized spacial score (nSPS) is 10.5. The minimum atomic E-state index is 0.0529. The number of amidine groups is 1. The second-order valence-corrected chi connectivity index (χ2v) is 4.58. The molecule has 0 unspecified atom stereocenters. The number of nitrogens with two attached hydrogens (primary N) is 1. The summed E-state index contributed by atoms with van der Waals surface area (Å²) in [5.41, 5.74) is 7.06. The molecule has 0 atom stereocenters. The van der Waals surface area contributed by atoms with Gasteiger partial charge in [-0.15, -0.1) is 0 Å². The first-order valence-electron chi connectivity index (χ1n) is 5.98. The van der Waals surface area contributed by atoms with E-state index in [1.54, 1.807) is 12.3 Å². The van der Waals surface area contributed by atoms with Crippen molar-refractivity contribution in [2.45, 2.75) is 13.5 Å². The number of hydrogen-bond donors (Lipinski definition) is 2. The van der Waals surface area contributed by atoms with Crippen molar-refractivity contribution in [3.05, 3.63) is 41.6 Å². The smallest absolute Gasteiger partial charge is 0.129 e. The average Bonchev–Trinajstić information content (AvgIpc) is 2.74. The van der Waals surface area contributed by atoms with E-state index in [1.165, 1.54) is 0 Å². The summed E-state index contributed by atoms with van der Waals surface area (Å²) in [6, 6.07) is 3.62. The standard InChI is InChI=1S/C13H18N6/c1-9-6-10(13(14)15)7-11(17-9)19(3)8-12-16-4-5-18(12)2/h4-7H,8H2,1-3H3,(H3,14,15). The maximum absolute atomic E-state index is 7.52. The van der Waals surface area contributed by atoms with Crippen LogP contribution in [0.3, 0.4) is 0 Å². The van der Waals surface area contributed by atoms with Crippen molar-refractivity contribution in [1.29, 1.82) is 5.41 Å². The Morgan fingerprint density at radius 2 is 2.21 bits per heavy atom. The highest BCUT2D eigenvalue weighted by Crippen LogP contribution is 2.15. The van der Waals surface area contributed by atoms with Crippen molar-refractivity contribution in [3.63, 3.8) is 0 Å². The third-order valence-electron chi connectivity index (χ3n) is 2.94. The van der Waals surface area contributed by atoms with E-state index in [9.17, 15) is 0 Å². The number of hydrogen-bond acceptors (Lipinski definition) is 4. The molecule has 3 N–H and O–H groups in total. The van der Waals surface area contributed by atoms with Crippen molar-refractivity contribution < 1.29 is 0 Å². The molecule has 2 aromatic heterocycles. The van der Waals surface area contributed by atoms with Gasteiger partial charge in [0.25, 0.3) is 0 Å². The van der Waals surface area contributed by atoms with Crippen LogP contribution in [0.5, 0.6) is 0 Å². The minimum Gasteiger partial charge on any atom is -0.384 e. The fraction of sp³-hybridized carbons (Fsp3) is 0.308. The molecule has 6 nitrogen and oxygen atoms in total. The van der Waals surface area contributed by atoms with Crippen molar-refractivity contribution in [1.82, 2.24) is 14.5 Å². The third kappa shape index (κ3) is 2.90. The molecule has 0 amide bonds. The van der Waals surface area contributed by atoms with Crippen LogP contribution in [0.25, 0.3) is 0 Å². The van der Waals surface area contributed by atoms with E-state index in [1.807, 2.05) is 42.7 Å². The zero-order valence-corrected chi connectivity index (χ0v) is 11.4. The summed E-state index contributed by atoms with van der Waals surface area (Å²) in [5.74, 6) is 1.79. The molecule has 0 spiro atoms. The molecule has 0 saturated heterocycles. The van der Waals surface area contributed by atoms with E-state index in [-0.39, 0.29) is 5.84 Å². The summed E-state index contributed by atoms with van der Waals surface area (Å²) in [5, 5.41) is 7.52. The fourth-order valence-electron chi connectivity index (χ4n) is 1.84. The lowest BCUT2D eigenvalue weighted by Gasteiger charge is -2.19. The zero-order valence-electron chi connectivity index (χ0n) is 11.4. The Balaban J connectivity index is 2.26. The monoisotopic (exact) mass is 258 g/mol. The third-order valence-corrected chi connectivity index (χ3v) is 2.94. The summed E-state index contributed by atoms with van der Waals surface area (Å²) in [6.07, 6.45) is 3.68. The molecule has 0 bridgehead atoms. The molecule has 0 saturated carbocycles. The summed E-state index contributed by atoms with van der Waals surface area (Å²) < 4.78 is 1.97. The van der Waals surface area contributed by atoms with Crippen LogP contribution in [-0.2, 0) is 13.6 Å². The first-order valence-corrected chi connectivity index (χ1v) is 5.98. The maximum Gasteiger partial charge on any atom is 0.129 e. The van der Waals surface area contributed by atoms with Crippen molar-refractivity contribution in [2.24, 2.45) is 12.8 Å². The van der Waals surface area contributed by atoms with Crippen molar-refractivity contribution in [3.8, 4) is 0 Å². The van der Waals surface area contributed by atoms with Gasteiger partial charge in [0.15, 0.2) is 0 Å². The molecular weight excluding hydrogens is 240 g/mol. The molecule has 19 heavy (non-hydrogen) atoms. The molecule has 0 aliphatic carbocycles. The highest BCUT2D eigenvalue weighted by Gasteiger charge is 2.09. The minimum absolute atomic E-state index is 0.0529. The van der Waals surface area contributed by atoms with Gasteiger partial charge >= 0.3 is 0 Å². The van der Waals surface area contributed by atoms with Gasteiger partial charge in [0.2, 0.25) is 0 Å². The van der Waals surface area contributed by atoms with E-state index in [0.717, 1.165) is 17.3 Å². The molecule has 6 heteroatoms. The molecule has 100 valence electrons. The van der Waals surface area contributed by atoms with Gasteiger partial charge in [-0.05, 0) is 19.1 Å². The largest absolute Gasteiger partial charge is 0.384 e. The van der Waals surface area contributed by atoms with Crippen molar-refractivity contribution in [2.75, 3.05) is 11.9 Å². The Kier molecular flexibility index (Phi) is 3.50. The van der Waals surface area contributed by atoms with E-state index in [0.29, 0.717) is 12.1 Å². The van der Waals surface area contributed by atoms with Gasteiger partial charge < -0.3 is 15.2 Å². The van der Waals surface area contributed by atoms with E-state index >= 15 is 0 Å². The maximum atomic E-state index is 7.52. The van der Waals surface area contributed by atoms with Gasteiger partial charge in [-0.2, -0.15) is 0 Å². The fourth-order valence-corrected chi connectivity index (χ4v) is 1.84. The predicted molar refractivity (Wildman–Crippen MR) is 75.3 cm³/mol. The van der Waals surface area contributed by atoms with E-state index in [2.05, 4.69) is 9.97 Å². The number of anilines is 1. The Morgan fingerprint density at radius 3 is 2.79 bits per heavy atom. The van der Waals surface area contributed by atoms with Gasteiger partial charge in [-0.1, -0.05) is 0 Å². The number of aryl methyl sites for hydroxylation is 2. The predicted octanol–water partition coefficient (Wildman–Crippen LogP) is 1.04. The molecule has 0 radical (unpaired) electrons. The molecule has 0 aliphatic heterocycles. The molecule has 2 rings (SSSR count). The lowest BCUT2D eigenvalue weighted by atomic mass is 10.2. The number of nitrogens with one attached hydrogen (secondary N) is 1. The highest BCUT2D eigenvalue weighted by molar-refractivity contribution is 5.95. The van der Waals surface area contributed by atoms with Crippen LogP contribution in [-0.4, -0.2) is 27.4 Å². The summed E-state index contributed by atoms with van der Waals surface area (Å²) in [7, 11) is 3.90. The van der Waals surface area contributed by atoms with Gasteiger partial charge in [-0.25, -0.2) is 9.97 Å². The second kappa shape index (κ2) is 5.09. The van der Waals surface area contributed by atoms with Gasteiger partial charge in [0.05, 0.1) is 6.54 Å². The van der Waals surface area contributed by atoms with Gasteiger partial charge in [0, 0.05) is 37.7 Å². The number of rotatable bonds is 4. The molecule has 0 fully saturated rings. The SMILES string of the molecule is Cc1cc(C(=N)N)cc(N(C)Cc2nccn2C)n1. The van der Waals surface area contributed by atoms with Gasteiger partial charge in [-0.3, -0.25) is 5.41 Å². The zero-order chi connectivity index (χ0) is 14.0. The summed E-state index contributed by atoms with van der Waals surface area (Å²) >= 11 is 0. The molecule has 0 aromatic carbocycles. The number of aromatic nitrogens is 3. The number of nitrogen functional groups attached to an aromatic ring is 1. The van der Waals surface area contributed by atoms with Crippen molar-refractivity contribution >= 4 is 11.7 Å². The Hall–Kier alpha value is -2.37. The van der Waals surface area contributed by atoms with E-state index in [4.69, 9.17) is 11.1 Å². The van der Waals surface area contributed by atoms with Crippen LogP contribution in [0.2, 0.25) is 0 Å². The lowest BCUT2D eigenvalue weighted by Crippen LogP contribution is -2.21. The topological polar surface area (TPSA) is 83.8 Å². The summed E-state index contributed by atoms with van der Waals surface area (Å²) in [6.45, 7) is 2.54. The lowest BCUT2D eigenvalue weighted by molar-refractivity contribution is 0.754. The van der Waals surface area contributed by atoms with Crippen LogP contribution in [0.15, 0.2) is 24.5 Å². The summed E-state index contributed by atoms with van der Waals surface area (Å²) in [4.78, 5) is 10.7. The van der Waals surface area contributed by atoms with Crippen LogP contribution >= 0.6 is 0 Å². The Bertz CT molecular complexity index is 601. The molecule has 0 aliphatic rings. The number of imidazole rings is 1. The first kappa shape index (κ1) is 13.1. The molecule has 2 heterocycles. The van der Waals surface area contributed by atoms with Crippen LogP contribution in [0, 0.1) is 12.3 Å². The van der Waals surface area contributed by atoms with E-state index < -0.39 is 0 Å². The Morgan fingerprint density at radius 1 is 1.47 bits per heavy atom. The molecule has 2 aromatic rings. The molecular formula is C13H18N6. The number of nitrogens with zero attached hydrogens (tertiary/aromatic N) is 4. The van der Waals surface area contributed by atoms with Gasteiger partial charge in [0.1, 0.15) is 17.5 Å². The highest BCUT2D eigenvalue weighted by atomic mass is 15.2. The van der Waals surface area contributed by atoms with Crippen LogP contribution in [0.4, 0.5) is 5.82 Å². The van der Waals surface area contributed by atoms with Crippen LogP contribution in [0.1, 0.15) is 17.1 Å². The first-order chi connectivity index (χ1) is 8.97. The second-order valence-electron chi connectivity index (χ2n) is 4.58. The quantitative estimate of drug-likeness (QED) is 0.634. The van der Waals surface area contributed by atoms with Crippen LogP contribution < -0.4 is 10.6 Å². The Labute approximate surface area is 112 Å². The number of pyridine rings is 1.